The fourth-order valence-corrected chi connectivity index (χ4v) is 3.18. The topological polar surface area (TPSA) is 18.5 Å². The van der Waals surface area contributed by atoms with Crippen LogP contribution in [0.15, 0.2) is 0 Å². The predicted octanol–water partition coefficient (Wildman–Crippen LogP) is 3.25. The lowest BCUT2D eigenvalue weighted by atomic mass is 10.1. The van der Waals surface area contributed by atoms with Gasteiger partial charge in [-0.1, -0.05) is 20.8 Å². The van der Waals surface area contributed by atoms with Crippen LogP contribution >= 0.6 is 0 Å². The van der Waals surface area contributed by atoms with Crippen molar-refractivity contribution in [3.8, 4) is 0 Å². The summed E-state index contributed by atoms with van der Waals surface area (Å²) in [6.45, 7) is 15.0. The highest BCUT2D eigenvalue weighted by atomic mass is 28.3. The number of hydrogen-bond donors (Lipinski definition) is 0. The van der Waals surface area contributed by atoms with Gasteiger partial charge in [0.15, 0.2) is 0 Å². The fraction of sp³-hybridized carbons (Fsp3) is 1.00. The van der Waals surface area contributed by atoms with Gasteiger partial charge < -0.3 is 8.85 Å². The zero-order valence-corrected chi connectivity index (χ0v) is 11.9. The van der Waals surface area contributed by atoms with Gasteiger partial charge >= 0.3 is 9.28 Å². The molecule has 0 heterocycles. The number of hydrogen-bond acceptors (Lipinski definition) is 2. The highest BCUT2D eigenvalue weighted by Crippen LogP contribution is 2.34. The van der Waals surface area contributed by atoms with E-state index in [0.717, 1.165) is 6.42 Å². The Morgan fingerprint density at radius 2 is 1.36 bits per heavy atom. The molecule has 0 radical (unpaired) electrons. The highest BCUT2D eigenvalue weighted by molar-refractivity contribution is 6.48. The first-order valence-corrected chi connectivity index (χ1v) is 7.12. The van der Waals surface area contributed by atoms with Crippen LogP contribution in [0.25, 0.3) is 0 Å². The molecule has 0 fully saturated rings. The third-order valence-corrected chi connectivity index (χ3v) is 5.61. The zero-order valence-electron chi connectivity index (χ0n) is 10.8. The third-order valence-electron chi connectivity index (χ3n) is 2.34. The van der Waals surface area contributed by atoms with Gasteiger partial charge in [0.1, 0.15) is 0 Å². The molecular formula is C11H26O2Si. The van der Waals surface area contributed by atoms with Gasteiger partial charge in [0, 0.05) is 17.2 Å². The maximum atomic E-state index is 5.93. The van der Waals surface area contributed by atoms with Gasteiger partial charge in [-0.15, -0.1) is 0 Å². The Kier molecular flexibility index (Phi) is 5.94. The Hall–Kier alpha value is 0.137. The normalized spacial score (nSPS) is 13.3. The lowest BCUT2D eigenvalue weighted by Gasteiger charge is -2.33. The summed E-state index contributed by atoms with van der Waals surface area (Å²) >= 11 is 0. The minimum Gasteiger partial charge on any atom is -0.394 e. The van der Waals surface area contributed by atoms with Crippen LogP contribution in [0.1, 0.15) is 54.9 Å². The molecule has 0 amide bonds. The Bertz CT molecular complexity index is 145. The molecule has 0 aromatic rings. The Morgan fingerprint density at radius 1 is 1.00 bits per heavy atom. The minimum absolute atomic E-state index is 0.217. The lowest BCUT2D eigenvalue weighted by Crippen LogP contribution is -2.38. The molecule has 0 saturated heterocycles. The average Bonchev–Trinajstić information content (AvgIpc) is 2.01. The summed E-state index contributed by atoms with van der Waals surface area (Å²) < 4.78 is 11.9. The quantitative estimate of drug-likeness (QED) is 0.637. The first kappa shape index (κ1) is 14.1. The summed E-state index contributed by atoms with van der Waals surface area (Å²) in [5.74, 6) is 0. The van der Waals surface area contributed by atoms with Crippen LogP contribution in [-0.2, 0) is 8.85 Å². The molecule has 0 aromatic carbocycles. The van der Waals surface area contributed by atoms with Crippen molar-refractivity contribution >= 4 is 9.28 Å². The molecule has 0 atom stereocenters. The smallest absolute Gasteiger partial charge is 0.327 e. The molecule has 0 bridgehead atoms. The molecule has 14 heavy (non-hydrogen) atoms. The largest absolute Gasteiger partial charge is 0.394 e. The van der Waals surface area contributed by atoms with Crippen LogP contribution in [0, 0.1) is 0 Å². The second-order valence-electron chi connectivity index (χ2n) is 5.04. The van der Waals surface area contributed by atoms with E-state index in [1.807, 2.05) is 0 Å². The molecule has 3 heteroatoms. The maximum absolute atomic E-state index is 5.93. The maximum Gasteiger partial charge on any atom is 0.327 e. The van der Waals surface area contributed by atoms with Gasteiger partial charge in [0.2, 0.25) is 0 Å². The van der Waals surface area contributed by atoms with E-state index >= 15 is 0 Å². The molecule has 0 aliphatic rings. The number of rotatable bonds is 6. The van der Waals surface area contributed by atoms with Crippen molar-refractivity contribution in [2.75, 3.05) is 0 Å². The van der Waals surface area contributed by atoms with Crippen molar-refractivity contribution in [3.63, 3.8) is 0 Å². The standard InChI is InChI=1S/C11H26O2Si/c1-8-11(6,7)14(12-9(2)3)13-10(4)5/h9-10,14H,8H2,1-7H3. The third kappa shape index (κ3) is 5.13. The van der Waals surface area contributed by atoms with Crippen LogP contribution in [-0.4, -0.2) is 21.5 Å². The SMILES string of the molecule is CCC(C)(C)[SiH](OC(C)C)OC(C)C. The van der Waals surface area contributed by atoms with Crippen molar-refractivity contribution in [1.82, 2.24) is 0 Å². The summed E-state index contributed by atoms with van der Waals surface area (Å²) in [5, 5.41) is 0.217. The molecule has 0 aliphatic heterocycles. The van der Waals surface area contributed by atoms with Crippen LogP contribution < -0.4 is 0 Å². The van der Waals surface area contributed by atoms with Crippen molar-refractivity contribution in [2.24, 2.45) is 0 Å². The second kappa shape index (κ2) is 5.88. The Morgan fingerprint density at radius 3 is 1.57 bits per heavy atom. The molecule has 86 valence electrons. The molecular weight excluding hydrogens is 192 g/mol. The van der Waals surface area contributed by atoms with E-state index in [0.29, 0.717) is 0 Å². The van der Waals surface area contributed by atoms with Crippen LogP contribution in [0.5, 0.6) is 0 Å². The molecule has 0 saturated carbocycles. The molecule has 0 N–H and O–H groups in total. The van der Waals surface area contributed by atoms with Crippen LogP contribution in [0.2, 0.25) is 5.04 Å². The summed E-state index contributed by atoms with van der Waals surface area (Å²) in [5.41, 5.74) is 0. The second-order valence-corrected chi connectivity index (χ2v) is 7.81. The summed E-state index contributed by atoms with van der Waals surface area (Å²) in [6.07, 6.45) is 1.66. The first-order chi connectivity index (χ1) is 6.29. The van der Waals surface area contributed by atoms with Crippen molar-refractivity contribution < 1.29 is 8.85 Å². The highest BCUT2D eigenvalue weighted by Gasteiger charge is 2.34. The molecule has 0 spiro atoms. The summed E-state index contributed by atoms with van der Waals surface area (Å²) in [4.78, 5) is 0. The van der Waals surface area contributed by atoms with E-state index in [1.165, 1.54) is 0 Å². The Balaban J connectivity index is 4.38. The van der Waals surface area contributed by atoms with Crippen molar-refractivity contribution in [3.05, 3.63) is 0 Å². The van der Waals surface area contributed by atoms with Crippen LogP contribution in [0.4, 0.5) is 0 Å². The minimum atomic E-state index is -1.56. The summed E-state index contributed by atoms with van der Waals surface area (Å²) in [6, 6.07) is 0. The van der Waals surface area contributed by atoms with E-state index in [2.05, 4.69) is 48.5 Å². The monoisotopic (exact) mass is 218 g/mol. The van der Waals surface area contributed by atoms with Gasteiger partial charge in [-0.2, -0.15) is 0 Å². The van der Waals surface area contributed by atoms with E-state index in [1.54, 1.807) is 0 Å². The lowest BCUT2D eigenvalue weighted by molar-refractivity contribution is 0.112. The molecule has 0 unspecified atom stereocenters. The average molecular weight is 218 g/mol. The molecule has 0 aliphatic carbocycles. The van der Waals surface area contributed by atoms with E-state index in [-0.39, 0.29) is 17.2 Å². The molecule has 0 rings (SSSR count). The van der Waals surface area contributed by atoms with E-state index in [4.69, 9.17) is 8.85 Å². The summed E-state index contributed by atoms with van der Waals surface area (Å²) in [7, 11) is -1.56. The van der Waals surface area contributed by atoms with Gasteiger partial charge in [0.05, 0.1) is 0 Å². The van der Waals surface area contributed by atoms with Crippen molar-refractivity contribution in [2.45, 2.75) is 72.1 Å². The van der Waals surface area contributed by atoms with Crippen molar-refractivity contribution in [1.29, 1.82) is 0 Å². The zero-order chi connectivity index (χ0) is 11.4. The fourth-order valence-electron chi connectivity index (χ4n) is 1.06. The Labute approximate surface area is 90.8 Å². The van der Waals surface area contributed by atoms with E-state index in [9.17, 15) is 0 Å². The molecule has 0 aromatic heterocycles. The predicted molar refractivity (Wildman–Crippen MR) is 63.9 cm³/mol. The first-order valence-electron chi connectivity index (χ1n) is 5.60. The van der Waals surface area contributed by atoms with Gasteiger partial charge in [0.25, 0.3) is 0 Å². The molecule has 2 nitrogen and oxygen atoms in total. The van der Waals surface area contributed by atoms with E-state index < -0.39 is 9.28 Å². The van der Waals surface area contributed by atoms with Gasteiger partial charge in [-0.3, -0.25) is 0 Å². The van der Waals surface area contributed by atoms with Gasteiger partial charge in [-0.05, 0) is 34.1 Å². The van der Waals surface area contributed by atoms with Gasteiger partial charge in [-0.25, -0.2) is 0 Å². The van der Waals surface area contributed by atoms with Crippen LogP contribution in [0.3, 0.4) is 0 Å².